The van der Waals surface area contributed by atoms with Crippen LogP contribution in [0, 0.1) is 6.92 Å². The molecule has 0 atom stereocenters. The third-order valence-electron chi connectivity index (χ3n) is 5.22. The number of aromatic nitrogens is 1. The number of ether oxygens (including phenoxy) is 1. The maximum Gasteiger partial charge on any atom is 0.305 e. The molecule has 0 aliphatic heterocycles. The zero-order valence-corrected chi connectivity index (χ0v) is 20.3. The summed E-state index contributed by atoms with van der Waals surface area (Å²) in [5.74, 6) is -0.320. The maximum atomic E-state index is 12.7. The summed E-state index contributed by atoms with van der Waals surface area (Å²) in [6.07, 6.45) is 5.01. The number of amides is 3. The molecular formula is C24H22BrN5O5. The summed E-state index contributed by atoms with van der Waals surface area (Å²) in [7, 11) is 0. The van der Waals surface area contributed by atoms with Gasteiger partial charge in [-0.05, 0) is 53.9 Å². The number of nitrogens with one attached hydrogen (secondary N) is 3. The normalized spacial score (nSPS) is 13.6. The van der Waals surface area contributed by atoms with Gasteiger partial charge in [-0.25, -0.2) is 5.43 Å². The zero-order valence-electron chi connectivity index (χ0n) is 18.8. The number of carbonyl (C=O) groups is 3. The van der Waals surface area contributed by atoms with E-state index in [1.807, 2.05) is 6.07 Å². The number of fused-ring (bicyclic) bond motifs is 1. The Morgan fingerprint density at radius 3 is 2.69 bits per heavy atom. The van der Waals surface area contributed by atoms with E-state index in [0.29, 0.717) is 51.2 Å². The minimum Gasteiger partial charge on any atom is -0.484 e. The van der Waals surface area contributed by atoms with Crippen LogP contribution < -0.4 is 21.0 Å². The van der Waals surface area contributed by atoms with Gasteiger partial charge in [0.15, 0.2) is 12.4 Å². The molecule has 0 fully saturated rings. The van der Waals surface area contributed by atoms with E-state index in [4.69, 9.17) is 9.15 Å². The van der Waals surface area contributed by atoms with E-state index in [0.717, 1.165) is 6.42 Å². The topological polar surface area (TPSA) is 135 Å². The Kier molecular flexibility index (Phi) is 7.56. The molecule has 3 aromatic rings. The van der Waals surface area contributed by atoms with Gasteiger partial charge in [-0.15, -0.1) is 0 Å². The van der Waals surface area contributed by atoms with E-state index < -0.39 is 17.7 Å². The standard InChI is InChI=1S/C24H22BrN5O5/c1-14-21-18(27-29-23(32)15-10-16(25)12-26-11-15)8-5-9-19(21)35-22(14)24(33)30-28-20(31)13-34-17-6-3-2-4-7-17/h2-4,6-7,10-12H,5,8-9,13H2,1H3,(H,28,31)(H,29,32)(H,30,33)/b27-18+. The number of hydrogen-bond donors (Lipinski definition) is 3. The summed E-state index contributed by atoms with van der Waals surface area (Å²) in [6.45, 7) is 1.47. The summed E-state index contributed by atoms with van der Waals surface area (Å²) >= 11 is 3.28. The minimum absolute atomic E-state index is 0.0661. The summed E-state index contributed by atoms with van der Waals surface area (Å²) in [6, 6.07) is 10.5. The number of hydrazine groups is 1. The third kappa shape index (κ3) is 5.93. The van der Waals surface area contributed by atoms with Gasteiger partial charge in [0.1, 0.15) is 11.5 Å². The number of hydrogen-bond acceptors (Lipinski definition) is 7. The fourth-order valence-corrected chi connectivity index (χ4v) is 3.97. The molecule has 0 spiro atoms. The highest BCUT2D eigenvalue weighted by Crippen LogP contribution is 2.29. The number of aryl methyl sites for hydroxylation is 1. The number of carbonyl (C=O) groups excluding carboxylic acids is 3. The van der Waals surface area contributed by atoms with Gasteiger partial charge in [-0.3, -0.25) is 30.2 Å². The van der Waals surface area contributed by atoms with E-state index in [2.05, 4.69) is 42.3 Å². The Morgan fingerprint density at radius 1 is 1.11 bits per heavy atom. The summed E-state index contributed by atoms with van der Waals surface area (Å²) in [5.41, 5.74) is 9.43. The van der Waals surface area contributed by atoms with Crippen LogP contribution >= 0.6 is 15.9 Å². The lowest BCUT2D eigenvalue weighted by atomic mass is 9.93. The molecule has 0 saturated carbocycles. The van der Waals surface area contributed by atoms with Crippen molar-refractivity contribution in [3.8, 4) is 5.75 Å². The van der Waals surface area contributed by atoms with E-state index in [9.17, 15) is 14.4 Å². The largest absolute Gasteiger partial charge is 0.484 e. The molecule has 11 heteroatoms. The molecule has 1 aliphatic rings. The molecule has 1 aliphatic carbocycles. The summed E-state index contributed by atoms with van der Waals surface area (Å²) in [4.78, 5) is 41.1. The first-order valence-corrected chi connectivity index (χ1v) is 11.6. The minimum atomic E-state index is -0.603. The van der Waals surface area contributed by atoms with E-state index in [1.54, 1.807) is 43.5 Å². The molecule has 3 amide bonds. The number of para-hydroxylation sites is 1. The molecule has 4 rings (SSSR count). The fourth-order valence-electron chi connectivity index (χ4n) is 3.60. The van der Waals surface area contributed by atoms with Gasteiger partial charge >= 0.3 is 5.91 Å². The molecule has 10 nitrogen and oxygen atoms in total. The number of halogens is 1. The van der Waals surface area contributed by atoms with Crippen LogP contribution in [-0.4, -0.2) is 35.0 Å². The molecule has 3 N–H and O–H groups in total. The summed E-state index contributed by atoms with van der Waals surface area (Å²) in [5, 5.41) is 4.29. The van der Waals surface area contributed by atoms with E-state index in [1.165, 1.54) is 6.20 Å². The SMILES string of the molecule is Cc1c(C(=O)NNC(=O)COc2ccccc2)oc2c1/C(=N/NC(=O)c1cncc(Br)c1)CCC2. The number of rotatable bonds is 6. The van der Waals surface area contributed by atoms with Crippen LogP contribution in [0.1, 0.15) is 50.6 Å². The Labute approximate surface area is 209 Å². The van der Waals surface area contributed by atoms with Gasteiger partial charge < -0.3 is 9.15 Å². The van der Waals surface area contributed by atoms with E-state index >= 15 is 0 Å². The monoisotopic (exact) mass is 539 g/mol. The molecule has 180 valence electrons. The molecule has 0 radical (unpaired) electrons. The molecule has 35 heavy (non-hydrogen) atoms. The van der Waals surface area contributed by atoms with Crippen LogP contribution in [-0.2, 0) is 11.2 Å². The number of benzene rings is 1. The highest BCUT2D eigenvalue weighted by atomic mass is 79.9. The molecule has 0 bridgehead atoms. The first-order valence-electron chi connectivity index (χ1n) is 10.8. The second-order valence-corrected chi connectivity index (χ2v) is 8.62. The molecule has 0 unspecified atom stereocenters. The van der Waals surface area contributed by atoms with Crippen LogP contribution in [0.3, 0.4) is 0 Å². The number of hydrazone groups is 1. The molecule has 0 saturated heterocycles. The van der Waals surface area contributed by atoms with Crippen LogP contribution in [0.25, 0.3) is 0 Å². The Morgan fingerprint density at radius 2 is 1.91 bits per heavy atom. The Hall–Kier alpha value is -3.99. The number of furan rings is 1. The van der Waals surface area contributed by atoms with Gasteiger partial charge in [-0.1, -0.05) is 18.2 Å². The molecule has 2 aromatic heterocycles. The van der Waals surface area contributed by atoms with Crippen LogP contribution in [0.15, 0.2) is 62.8 Å². The van der Waals surface area contributed by atoms with Gasteiger partial charge in [0.2, 0.25) is 0 Å². The second kappa shape index (κ2) is 11.0. The predicted molar refractivity (Wildman–Crippen MR) is 130 cm³/mol. The second-order valence-electron chi connectivity index (χ2n) is 7.70. The van der Waals surface area contributed by atoms with Gasteiger partial charge in [0, 0.05) is 34.4 Å². The maximum absolute atomic E-state index is 12.7. The van der Waals surface area contributed by atoms with Gasteiger partial charge in [-0.2, -0.15) is 5.10 Å². The lowest BCUT2D eigenvalue weighted by molar-refractivity contribution is -0.123. The average Bonchev–Trinajstić information content (AvgIpc) is 3.22. The predicted octanol–water partition coefficient (Wildman–Crippen LogP) is 3.06. The quantitative estimate of drug-likeness (QED) is 0.412. The molecular weight excluding hydrogens is 518 g/mol. The van der Waals surface area contributed by atoms with Crippen molar-refractivity contribution < 1.29 is 23.5 Å². The average molecular weight is 540 g/mol. The first kappa shape index (κ1) is 24.1. The van der Waals surface area contributed by atoms with Crippen molar-refractivity contribution in [1.82, 2.24) is 21.3 Å². The van der Waals surface area contributed by atoms with Crippen molar-refractivity contribution in [2.45, 2.75) is 26.2 Å². The molecule has 2 heterocycles. The van der Waals surface area contributed by atoms with Crippen molar-refractivity contribution in [3.63, 3.8) is 0 Å². The van der Waals surface area contributed by atoms with Crippen molar-refractivity contribution >= 4 is 39.4 Å². The molecule has 1 aromatic carbocycles. The third-order valence-corrected chi connectivity index (χ3v) is 5.65. The fraction of sp³-hybridized carbons (Fsp3) is 0.208. The lowest BCUT2D eigenvalue weighted by Crippen LogP contribution is -2.43. The van der Waals surface area contributed by atoms with E-state index in [-0.39, 0.29) is 12.4 Å². The van der Waals surface area contributed by atoms with Gasteiger partial charge in [0.05, 0.1) is 11.3 Å². The lowest BCUT2D eigenvalue weighted by Gasteiger charge is -2.13. The van der Waals surface area contributed by atoms with Crippen LogP contribution in [0.4, 0.5) is 0 Å². The highest BCUT2D eigenvalue weighted by molar-refractivity contribution is 9.10. The smallest absolute Gasteiger partial charge is 0.305 e. The van der Waals surface area contributed by atoms with Crippen LogP contribution in [0.5, 0.6) is 5.75 Å². The van der Waals surface area contributed by atoms with Crippen molar-refractivity contribution in [2.75, 3.05) is 6.61 Å². The zero-order chi connectivity index (χ0) is 24.8. The van der Waals surface area contributed by atoms with Crippen molar-refractivity contribution in [3.05, 3.63) is 81.5 Å². The van der Waals surface area contributed by atoms with Crippen molar-refractivity contribution in [2.24, 2.45) is 5.10 Å². The number of nitrogens with zero attached hydrogens (tertiary/aromatic N) is 2. The van der Waals surface area contributed by atoms with Crippen molar-refractivity contribution in [1.29, 1.82) is 0 Å². The number of pyridine rings is 1. The Balaban J connectivity index is 1.40. The Bertz CT molecular complexity index is 1290. The van der Waals surface area contributed by atoms with Gasteiger partial charge in [0.25, 0.3) is 11.8 Å². The highest BCUT2D eigenvalue weighted by Gasteiger charge is 2.28. The summed E-state index contributed by atoms with van der Waals surface area (Å²) < 4.78 is 11.8. The van der Waals surface area contributed by atoms with Crippen LogP contribution in [0.2, 0.25) is 0 Å². The first-order chi connectivity index (χ1) is 16.9.